The summed E-state index contributed by atoms with van der Waals surface area (Å²) in [6.07, 6.45) is 0.0983. The Morgan fingerprint density at radius 2 is 2.25 bits per heavy atom. The molecule has 0 spiro atoms. The molecule has 2 rings (SSSR count). The topological polar surface area (TPSA) is 98.4 Å². The van der Waals surface area contributed by atoms with E-state index in [1.54, 1.807) is 0 Å². The van der Waals surface area contributed by atoms with Crippen molar-refractivity contribution in [3.63, 3.8) is 0 Å². The molecule has 1 aliphatic rings. The Morgan fingerprint density at radius 3 is 2.95 bits per heavy atom. The second-order valence-electron chi connectivity index (χ2n) is 5.10. The van der Waals surface area contributed by atoms with E-state index in [1.807, 2.05) is 13.8 Å². The van der Waals surface area contributed by atoms with Gasteiger partial charge in [-0.3, -0.25) is 0 Å². The van der Waals surface area contributed by atoms with Gasteiger partial charge in [-0.05, 0) is 20.9 Å². The minimum absolute atomic E-state index is 0.0139. The molecule has 1 fully saturated rings. The molecule has 112 valence electrons. The lowest BCUT2D eigenvalue weighted by Gasteiger charge is -2.30. The Bertz CT molecular complexity index is 442. The number of morpholine rings is 1. The fourth-order valence-electron chi connectivity index (χ4n) is 1.91. The van der Waals surface area contributed by atoms with Crippen LogP contribution in [0.4, 0.5) is 11.9 Å². The zero-order valence-electron chi connectivity index (χ0n) is 12.2. The van der Waals surface area contributed by atoms with E-state index in [9.17, 15) is 0 Å². The highest BCUT2D eigenvalue weighted by molar-refractivity contribution is 5.32. The number of rotatable bonds is 5. The molecule has 0 aromatic carbocycles. The summed E-state index contributed by atoms with van der Waals surface area (Å²) in [6.45, 7) is 7.00. The van der Waals surface area contributed by atoms with Crippen molar-refractivity contribution in [2.75, 3.05) is 44.3 Å². The number of hydrogen-bond donors (Lipinski definition) is 2. The molecule has 8 heteroatoms. The summed E-state index contributed by atoms with van der Waals surface area (Å²) in [5.41, 5.74) is 5.64. The third-order valence-corrected chi connectivity index (χ3v) is 2.80. The van der Waals surface area contributed by atoms with Gasteiger partial charge in [0.25, 0.3) is 0 Å². The van der Waals surface area contributed by atoms with Crippen LogP contribution in [0.5, 0.6) is 6.01 Å². The van der Waals surface area contributed by atoms with E-state index < -0.39 is 0 Å². The van der Waals surface area contributed by atoms with Crippen LogP contribution < -0.4 is 15.8 Å². The number of likely N-dealkylation sites (N-methyl/N-ethyl adjacent to an activating group) is 1. The van der Waals surface area contributed by atoms with Gasteiger partial charge in [0.05, 0.1) is 18.8 Å². The van der Waals surface area contributed by atoms with Crippen LogP contribution >= 0.6 is 0 Å². The van der Waals surface area contributed by atoms with Gasteiger partial charge in [0.1, 0.15) is 0 Å². The third-order valence-electron chi connectivity index (χ3n) is 2.80. The lowest BCUT2D eigenvalue weighted by Crippen LogP contribution is -2.43. The summed E-state index contributed by atoms with van der Waals surface area (Å²) in [5, 5.41) is 3.12. The van der Waals surface area contributed by atoms with Gasteiger partial charge in [-0.15, -0.1) is 0 Å². The molecule has 1 unspecified atom stereocenters. The third kappa shape index (κ3) is 4.46. The lowest BCUT2D eigenvalue weighted by atomic mass is 10.3. The Hall–Kier alpha value is -1.67. The summed E-state index contributed by atoms with van der Waals surface area (Å²) in [5.74, 6) is 0.546. The van der Waals surface area contributed by atoms with Crippen LogP contribution in [0.15, 0.2) is 0 Å². The molecule has 1 aliphatic heterocycles. The molecule has 0 radical (unpaired) electrons. The highest BCUT2D eigenvalue weighted by Crippen LogP contribution is 2.11. The first-order chi connectivity index (χ1) is 9.52. The van der Waals surface area contributed by atoms with Crippen molar-refractivity contribution in [3.05, 3.63) is 0 Å². The first kappa shape index (κ1) is 14.7. The number of hydrogen-bond acceptors (Lipinski definition) is 8. The highest BCUT2D eigenvalue weighted by atomic mass is 16.5. The molecule has 3 N–H and O–H groups in total. The van der Waals surface area contributed by atoms with E-state index in [-0.39, 0.29) is 24.2 Å². The fraction of sp³-hybridized carbons (Fsp3) is 0.750. The molecule has 0 aliphatic carbocycles. The zero-order valence-corrected chi connectivity index (χ0v) is 12.2. The Morgan fingerprint density at radius 1 is 1.45 bits per heavy atom. The normalized spacial score (nSPS) is 20.1. The molecular formula is C12H22N6O2. The van der Waals surface area contributed by atoms with Gasteiger partial charge < -0.3 is 25.4 Å². The van der Waals surface area contributed by atoms with E-state index in [4.69, 9.17) is 15.2 Å². The largest absolute Gasteiger partial charge is 0.461 e. The van der Waals surface area contributed by atoms with Crippen molar-refractivity contribution in [1.82, 2.24) is 19.9 Å². The average Bonchev–Trinajstić information content (AvgIpc) is 2.35. The first-order valence-corrected chi connectivity index (χ1v) is 6.75. The number of nitrogens with two attached hydrogens (primary N) is 1. The predicted molar refractivity (Wildman–Crippen MR) is 75.7 cm³/mol. The summed E-state index contributed by atoms with van der Waals surface area (Å²) >= 11 is 0. The molecule has 1 atom stereocenters. The van der Waals surface area contributed by atoms with Crippen molar-refractivity contribution in [2.24, 2.45) is 0 Å². The second kappa shape index (κ2) is 6.67. The summed E-state index contributed by atoms with van der Waals surface area (Å²) in [4.78, 5) is 14.4. The maximum absolute atomic E-state index is 5.66. The number of nitrogens with one attached hydrogen (secondary N) is 1. The Kier molecular flexibility index (Phi) is 4.91. The number of anilines is 2. The number of nitrogen functional groups attached to an aromatic ring is 1. The van der Waals surface area contributed by atoms with E-state index in [2.05, 4.69) is 32.2 Å². The summed E-state index contributed by atoms with van der Waals surface area (Å²) < 4.78 is 11.1. The van der Waals surface area contributed by atoms with Crippen LogP contribution in [-0.4, -0.2) is 65.3 Å². The van der Waals surface area contributed by atoms with Crippen LogP contribution in [0, 0.1) is 0 Å². The van der Waals surface area contributed by atoms with Gasteiger partial charge >= 0.3 is 6.01 Å². The Labute approximate surface area is 118 Å². The minimum atomic E-state index is -0.0139. The van der Waals surface area contributed by atoms with Crippen LogP contribution in [0.3, 0.4) is 0 Å². The molecule has 8 nitrogen and oxygen atoms in total. The maximum atomic E-state index is 5.66. The molecule has 0 bridgehead atoms. The van der Waals surface area contributed by atoms with Crippen LogP contribution in [0.1, 0.15) is 13.8 Å². The van der Waals surface area contributed by atoms with Gasteiger partial charge in [0.2, 0.25) is 11.9 Å². The summed E-state index contributed by atoms with van der Waals surface area (Å²) in [7, 11) is 2.07. The molecule has 1 saturated heterocycles. The smallest absolute Gasteiger partial charge is 0.323 e. The fourth-order valence-corrected chi connectivity index (χ4v) is 1.91. The molecule has 0 amide bonds. The maximum Gasteiger partial charge on any atom is 0.323 e. The highest BCUT2D eigenvalue weighted by Gasteiger charge is 2.18. The number of ether oxygens (including phenoxy) is 2. The zero-order chi connectivity index (χ0) is 14.5. The average molecular weight is 282 g/mol. The minimum Gasteiger partial charge on any atom is -0.461 e. The lowest BCUT2D eigenvalue weighted by molar-refractivity contribution is -0.0118. The first-order valence-electron chi connectivity index (χ1n) is 6.75. The van der Waals surface area contributed by atoms with Gasteiger partial charge in [0, 0.05) is 19.6 Å². The van der Waals surface area contributed by atoms with E-state index in [0.29, 0.717) is 12.5 Å². The molecule has 20 heavy (non-hydrogen) atoms. The second-order valence-corrected chi connectivity index (χ2v) is 5.10. The van der Waals surface area contributed by atoms with Gasteiger partial charge in [-0.25, -0.2) is 0 Å². The van der Waals surface area contributed by atoms with E-state index in [1.165, 1.54) is 0 Å². The molecule has 0 saturated carbocycles. The van der Waals surface area contributed by atoms with E-state index in [0.717, 1.165) is 19.7 Å². The van der Waals surface area contributed by atoms with Crippen molar-refractivity contribution in [2.45, 2.75) is 26.1 Å². The number of nitrogens with zero attached hydrogens (tertiary/aromatic N) is 4. The van der Waals surface area contributed by atoms with Crippen molar-refractivity contribution < 1.29 is 9.47 Å². The van der Waals surface area contributed by atoms with Gasteiger partial charge in [0.15, 0.2) is 0 Å². The predicted octanol–water partition coefficient (Wildman–Crippen LogP) is -0.0165. The van der Waals surface area contributed by atoms with Crippen LogP contribution in [0.2, 0.25) is 0 Å². The van der Waals surface area contributed by atoms with Gasteiger partial charge in [-0.1, -0.05) is 0 Å². The monoisotopic (exact) mass is 282 g/mol. The SMILES string of the molecule is CC(C)Oc1nc(N)nc(NCC2CN(C)CCO2)n1. The van der Waals surface area contributed by atoms with Crippen LogP contribution in [0.25, 0.3) is 0 Å². The van der Waals surface area contributed by atoms with Crippen molar-refractivity contribution in [3.8, 4) is 6.01 Å². The summed E-state index contributed by atoms with van der Waals surface area (Å²) in [6, 6.07) is 0.233. The van der Waals surface area contributed by atoms with Crippen molar-refractivity contribution in [1.29, 1.82) is 0 Å². The van der Waals surface area contributed by atoms with Crippen molar-refractivity contribution >= 4 is 11.9 Å². The Balaban J connectivity index is 1.93. The molecule has 1 aromatic heterocycles. The van der Waals surface area contributed by atoms with Gasteiger partial charge in [-0.2, -0.15) is 15.0 Å². The molecular weight excluding hydrogens is 260 g/mol. The quantitative estimate of drug-likeness (QED) is 0.777. The van der Waals surface area contributed by atoms with Crippen LogP contribution in [-0.2, 0) is 4.74 Å². The standard InChI is InChI=1S/C12H22N6O2/c1-8(2)20-12-16-10(13)15-11(17-12)14-6-9-7-18(3)4-5-19-9/h8-9H,4-7H2,1-3H3,(H3,13,14,15,16,17). The molecule has 2 heterocycles. The number of aromatic nitrogens is 3. The van der Waals surface area contributed by atoms with E-state index >= 15 is 0 Å². The molecule has 1 aromatic rings.